The second kappa shape index (κ2) is 7.95. The largest absolute Gasteiger partial charge is 0.490 e. The molecular weight excluding hydrogens is 367 g/mol. The van der Waals surface area contributed by atoms with E-state index >= 15 is 0 Å². The van der Waals surface area contributed by atoms with Crippen LogP contribution in [0.3, 0.4) is 0 Å². The molecule has 1 heterocycles. The minimum atomic E-state index is -0.506. The summed E-state index contributed by atoms with van der Waals surface area (Å²) in [4.78, 5) is 0. The highest BCUT2D eigenvalue weighted by Gasteiger charge is 2.41. The van der Waals surface area contributed by atoms with E-state index in [1.165, 1.54) is 10.9 Å². The van der Waals surface area contributed by atoms with Crippen molar-refractivity contribution in [1.29, 1.82) is 0 Å². The first-order valence-corrected chi connectivity index (χ1v) is 11.6. The van der Waals surface area contributed by atoms with Crippen molar-refractivity contribution >= 4 is 13.2 Å². The van der Waals surface area contributed by atoms with E-state index in [4.69, 9.17) is 14.2 Å². The average molecular weight is 400 g/mol. The van der Waals surface area contributed by atoms with E-state index in [2.05, 4.69) is 73.6 Å². The van der Waals surface area contributed by atoms with E-state index in [9.17, 15) is 0 Å². The standard InChI is InChI=1S/C24H33O3P/c1-15(2)25-19-12-10-13-20(26-16(3)4)22(19)18-11-9-14-21-23(18)28(17(5)27-21)24(6,7)8/h9-17H,1-8H3. The molecule has 0 saturated heterocycles. The van der Waals surface area contributed by atoms with Crippen LogP contribution in [0.1, 0.15) is 55.4 Å². The van der Waals surface area contributed by atoms with Crippen LogP contribution in [0, 0.1) is 0 Å². The van der Waals surface area contributed by atoms with E-state index in [-0.39, 0.29) is 23.2 Å². The fourth-order valence-corrected chi connectivity index (χ4v) is 7.00. The first-order valence-electron chi connectivity index (χ1n) is 10.1. The lowest BCUT2D eigenvalue weighted by atomic mass is 10.0. The van der Waals surface area contributed by atoms with Crippen molar-refractivity contribution in [3.63, 3.8) is 0 Å². The lowest BCUT2D eigenvalue weighted by Crippen LogP contribution is -2.23. The Hall–Kier alpha value is -1.73. The van der Waals surface area contributed by atoms with E-state index in [0.717, 1.165) is 22.8 Å². The van der Waals surface area contributed by atoms with Gasteiger partial charge in [-0.1, -0.05) is 39.0 Å². The van der Waals surface area contributed by atoms with Gasteiger partial charge in [-0.05, 0) is 65.9 Å². The van der Waals surface area contributed by atoms with Crippen LogP contribution >= 0.6 is 7.92 Å². The second-order valence-corrected chi connectivity index (χ2v) is 12.1. The van der Waals surface area contributed by atoms with Crippen molar-refractivity contribution in [2.45, 2.75) is 78.6 Å². The third-order valence-electron chi connectivity index (χ3n) is 4.61. The summed E-state index contributed by atoms with van der Waals surface area (Å²) in [5.41, 5.74) is 2.21. The Morgan fingerprint density at radius 1 is 0.893 bits per heavy atom. The van der Waals surface area contributed by atoms with Crippen molar-refractivity contribution in [2.24, 2.45) is 0 Å². The van der Waals surface area contributed by atoms with Crippen LogP contribution in [0.25, 0.3) is 11.1 Å². The van der Waals surface area contributed by atoms with Crippen LogP contribution in [0.2, 0.25) is 0 Å². The maximum Gasteiger partial charge on any atom is 0.131 e. The number of hydrogen-bond acceptors (Lipinski definition) is 3. The molecule has 0 radical (unpaired) electrons. The zero-order valence-electron chi connectivity index (χ0n) is 18.4. The quantitative estimate of drug-likeness (QED) is 0.531. The molecule has 0 saturated carbocycles. The molecule has 4 heteroatoms. The third-order valence-corrected chi connectivity index (χ3v) is 7.83. The maximum atomic E-state index is 6.30. The van der Waals surface area contributed by atoms with Gasteiger partial charge < -0.3 is 14.2 Å². The topological polar surface area (TPSA) is 27.7 Å². The molecule has 1 aliphatic heterocycles. The molecule has 152 valence electrons. The SMILES string of the molecule is CC(C)Oc1cccc(OC(C)C)c1-c1cccc2c1P(C(C)(C)C)C(C)O2. The van der Waals surface area contributed by atoms with Crippen molar-refractivity contribution < 1.29 is 14.2 Å². The van der Waals surface area contributed by atoms with Gasteiger partial charge in [-0.25, -0.2) is 0 Å². The minimum absolute atomic E-state index is 0.0871. The highest BCUT2D eigenvalue weighted by Crippen LogP contribution is 2.60. The Bertz CT molecular complexity index is 808. The Morgan fingerprint density at radius 2 is 1.43 bits per heavy atom. The molecule has 2 aromatic carbocycles. The molecule has 0 aromatic heterocycles. The van der Waals surface area contributed by atoms with Gasteiger partial charge in [0.15, 0.2) is 0 Å². The summed E-state index contributed by atoms with van der Waals surface area (Å²) in [7, 11) is -0.506. The Morgan fingerprint density at radius 3 is 1.93 bits per heavy atom. The van der Waals surface area contributed by atoms with Gasteiger partial charge in [0.25, 0.3) is 0 Å². The van der Waals surface area contributed by atoms with Gasteiger partial charge in [-0.2, -0.15) is 0 Å². The molecular formula is C24H33O3P. The Labute approximate surface area is 171 Å². The predicted octanol–water partition coefficient (Wildman–Crippen LogP) is 6.57. The van der Waals surface area contributed by atoms with Crippen LogP contribution in [0.15, 0.2) is 36.4 Å². The molecule has 0 N–H and O–H groups in total. The number of rotatable bonds is 5. The van der Waals surface area contributed by atoms with Gasteiger partial charge in [-0.15, -0.1) is 0 Å². The molecule has 3 nitrogen and oxygen atoms in total. The van der Waals surface area contributed by atoms with Crippen LogP contribution < -0.4 is 19.5 Å². The van der Waals surface area contributed by atoms with Crippen LogP contribution in [-0.4, -0.2) is 23.2 Å². The summed E-state index contributed by atoms with van der Waals surface area (Å²) in [5, 5.41) is 1.47. The molecule has 0 amide bonds. The zero-order valence-corrected chi connectivity index (χ0v) is 19.3. The Balaban J connectivity index is 2.27. The molecule has 28 heavy (non-hydrogen) atoms. The zero-order chi connectivity index (χ0) is 20.6. The number of benzene rings is 2. The first-order chi connectivity index (χ1) is 13.1. The van der Waals surface area contributed by atoms with Gasteiger partial charge in [0.2, 0.25) is 0 Å². The summed E-state index contributed by atoms with van der Waals surface area (Å²) in [6, 6.07) is 12.5. The van der Waals surface area contributed by atoms with Gasteiger partial charge >= 0.3 is 0 Å². The van der Waals surface area contributed by atoms with E-state index in [1.807, 2.05) is 18.2 Å². The van der Waals surface area contributed by atoms with Crippen molar-refractivity contribution in [1.82, 2.24) is 0 Å². The summed E-state index contributed by atoms with van der Waals surface area (Å²) in [6.45, 7) is 17.4. The molecule has 0 spiro atoms. The van der Waals surface area contributed by atoms with Gasteiger partial charge in [0.1, 0.15) is 23.1 Å². The van der Waals surface area contributed by atoms with Gasteiger partial charge in [0.05, 0.1) is 17.8 Å². The molecule has 3 rings (SSSR count). The lowest BCUT2D eigenvalue weighted by molar-refractivity contribution is 0.231. The molecule has 2 atom stereocenters. The van der Waals surface area contributed by atoms with Crippen molar-refractivity contribution in [2.75, 3.05) is 0 Å². The highest BCUT2D eigenvalue weighted by atomic mass is 31.1. The van der Waals surface area contributed by atoms with Crippen LogP contribution in [0.4, 0.5) is 0 Å². The van der Waals surface area contributed by atoms with Gasteiger partial charge in [0, 0.05) is 10.9 Å². The molecule has 2 unspecified atom stereocenters. The predicted molar refractivity (Wildman–Crippen MR) is 120 cm³/mol. The summed E-state index contributed by atoms with van der Waals surface area (Å²) < 4.78 is 18.7. The second-order valence-electron chi connectivity index (χ2n) is 8.87. The smallest absolute Gasteiger partial charge is 0.131 e. The Kier molecular flexibility index (Phi) is 5.96. The van der Waals surface area contributed by atoms with Gasteiger partial charge in [-0.3, -0.25) is 0 Å². The van der Waals surface area contributed by atoms with Crippen LogP contribution in [-0.2, 0) is 0 Å². The summed E-state index contributed by atoms with van der Waals surface area (Å²) in [5.74, 6) is 2.93. The molecule has 0 fully saturated rings. The fourth-order valence-electron chi connectivity index (χ4n) is 3.85. The summed E-state index contributed by atoms with van der Waals surface area (Å²) in [6.07, 6.45) is 0.174. The van der Waals surface area contributed by atoms with Crippen molar-refractivity contribution in [3.8, 4) is 28.4 Å². The average Bonchev–Trinajstić information content (AvgIpc) is 2.90. The molecule has 0 bridgehead atoms. The normalized spacial score (nSPS) is 18.9. The number of hydrogen-bond donors (Lipinski definition) is 0. The monoisotopic (exact) mass is 400 g/mol. The minimum Gasteiger partial charge on any atom is -0.490 e. The summed E-state index contributed by atoms with van der Waals surface area (Å²) >= 11 is 0. The van der Waals surface area contributed by atoms with Crippen LogP contribution in [0.5, 0.6) is 17.2 Å². The van der Waals surface area contributed by atoms with E-state index in [1.54, 1.807) is 0 Å². The first kappa shape index (κ1) is 21.0. The van der Waals surface area contributed by atoms with Crippen molar-refractivity contribution in [3.05, 3.63) is 36.4 Å². The third kappa shape index (κ3) is 4.15. The molecule has 1 aliphatic rings. The fraction of sp³-hybridized carbons (Fsp3) is 0.500. The molecule has 0 aliphatic carbocycles. The molecule has 2 aromatic rings. The maximum absolute atomic E-state index is 6.30. The number of ether oxygens (including phenoxy) is 3. The number of fused-ring (bicyclic) bond motifs is 1. The van der Waals surface area contributed by atoms with E-state index < -0.39 is 7.92 Å². The van der Waals surface area contributed by atoms with E-state index in [0.29, 0.717) is 0 Å². The lowest BCUT2D eigenvalue weighted by Gasteiger charge is -2.31. The highest BCUT2D eigenvalue weighted by molar-refractivity contribution is 7.68.